The molecule has 0 aliphatic carbocycles. The summed E-state index contributed by atoms with van der Waals surface area (Å²) in [6.07, 6.45) is 0.983. The lowest BCUT2D eigenvalue weighted by Gasteiger charge is -2.31. The van der Waals surface area contributed by atoms with Gasteiger partial charge in [-0.05, 0) is 63.3 Å². The van der Waals surface area contributed by atoms with Crippen molar-refractivity contribution in [1.29, 1.82) is 5.26 Å². The summed E-state index contributed by atoms with van der Waals surface area (Å²) in [5.41, 5.74) is -0.338. The van der Waals surface area contributed by atoms with Gasteiger partial charge in [-0.2, -0.15) is 5.26 Å². The second kappa shape index (κ2) is 8.76. The fraction of sp³-hybridized carbons (Fsp3) is 0.333. The summed E-state index contributed by atoms with van der Waals surface area (Å²) in [6.45, 7) is 1.99. The highest BCUT2D eigenvalue weighted by atomic mass is 19.1. The Bertz CT molecular complexity index is 843. The van der Waals surface area contributed by atoms with E-state index in [1.165, 1.54) is 37.3 Å². The van der Waals surface area contributed by atoms with Gasteiger partial charge in [0.05, 0.1) is 11.6 Å². The van der Waals surface area contributed by atoms with Crippen LogP contribution in [0.2, 0.25) is 0 Å². The summed E-state index contributed by atoms with van der Waals surface area (Å²) in [5.74, 6) is -0.839. The van der Waals surface area contributed by atoms with Crippen LogP contribution in [0.1, 0.15) is 36.5 Å². The van der Waals surface area contributed by atoms with Gasteiger partial charge in [-0.3, -0.25) is 4.79 Å². The maximum atomic E-state index is 13.4. The molecule has 0 aliphatic rings. The number of ether oxygens (including phenoxy) is 1. The lowest BCUT2D eigenvalue weighted by atomic mass is 9.81. The van der Waals surface area contributed by atoms with E-state index in [9.17, 15) is 14.3 Å². The van der Waals surface area contributed by atoms with Crippen LogP contribution in [-0.4, -0.2) is 36.6 Å². The van der Waals surface area contributed by atoms with E-state index in [-0.39, 0.29) is 5.75 Å². The second-order valence-corrected chi connectivity index (χ2v) is 6.69. The lowest BCUT2D eigenvalue weighted by molar-refractivity contribution is -0.132. The minimum atomic E-state index is -1.50. The number of carbonyl (C=O) groups excluding carboxylic acids is 1. The molecule has 1 atom stereocenters. The number of nitrogens with zero attached hydrogens (tertiary/aromatic N) is 2. The summed E-state index contributed by atoms with van der Waals surface area (Å²) in [6, 6.07) is 12.1. The van der Waals surface area contributed by atoms with Gasteiger partial charge in [0.15, 0.2) is 0 Å². The largest absolute Gasteiger partial charge is 0.426 e. The van der Waals surface area contributed by atoms with Crippen molar-refractivity contribution in [3.63, 3.8) is 0 Å². The molecule has 0 aliphatic heterocycles. The molecular formula is C21H23FN2O3. The molecule has 0 saturated heterocycles. The molecule has 2 aromatic rings. The van der Waals surface area contributed by atoms with E-state index in [0.29, 0.717) is 29.5 Å². The lowest BCUT2D eigenvalue weighted by Crippen LogP contribution is -2.30. The number of benzene rings is 2. The Labute approximate surface area is 158 Å². The van der Waals surface area contributed by atoms with E-state index in [2.05, 4.69) is 0 Å². The van der Waals surface area contributed by atoms with Crippen molar-refractivity contribution in [3.8, 4) is 11.8 Å². The smallest absolute Gasteiger partial charge is 0.308 e. The van der Waals surface area contributed by atoms with Crippen molar-refractivity contribution in [2.75, 3.05) is 20.6 Å². The first-order valence-electron chi connectivity index (χ1n) is 8.62. The van der Waals surface area contributed by atoms with Crippen LogP contribution in [0.5, 0.6) is 5.75 Å². The molecule has 142 valence electrons. The Morgan fingerprint density at radius 3 is 2.48 bits per heavy atom. The molecule has 1 N–H and O–H groups in total. The number of hydrogen-bond acceptors (Lipinski definition) is 5. The van der Waals surface area contributed by atoms with Crippen LogP contribution in [0.4, 0.5) is 4.39 Å². The first-order chi connectivity index (χ1) is 12.8. The summed E-state index contributed by atoms with van der Waals surface area (Å²) in [7, 11) is 3.87. The van der Waals surface area contributed by atoms with Crippen LogP contribution in [0.25, 0.3) is 0 Å². The van der Waals surface area contributed by atoms with Gasteiger partial charge in [-0.15, -0.1) is 0 Å². The Balaban J connectivity index is 2.57. The van der Waals surface area contributed by atoms with E-state index >= 15 is 0 Å². The highest BCUT2D eigenvalue weighted by Crippen LogP contribution is 2.40. The van der Waals surface area contributed by atoms with Crippen molar-refractivity contribution in [3.05, 3.63) is 65.0 Å². The number of halogens is 1. The number of aliphatic hydroxyl groups is 1. The van der Waals surface area contributed by atoms with Crippen molar-refractivity contribution in [2.24, 2.45) is 0 Å². The van der Waals surface area contributed by atoms with Crippen molar-refractivity contribution in [1.82, 2.24) is 4.90 Å². The Hall–Kier alpha value is -2.75. The molecule has 0 amide bonds. The van der Waals surface area contributed by atoms with Gasteiger partial charge in [0.2, 0.25) is 0 Å². The second-order valence-electron chi connectivity index (χ2n) is 6.69. The van der Waals surface area contributed by atoms with Crippen LogP contribution in [0, 0.1) is 17.1 Å². The highest BCUT2D eigenvalue weighted by Gasteiger charge is 2.34. The average Bonchev–Trinajstić information content (AvgIpc) is 2.61. The summed E-state index contributed by atoms with van der Waals surface area (Å²) in [5, 5.41) is 20.7. The van der Waals surface area contributed by atoms with E-state index < -0.39 is 17.4 Å². The van der Waals surface area contributed by atoms with Crippen LogP contribution in [0.3, 0.4) is 0 Å². The predicted octanol–water partition coefficient (Wildman–Crippen LogP) is 3.20. The summed E-state index contributed by atoms with van der Waals surface area (Å²) < 4.78 is 18.7. The molecule has 0 heterocycles. The molecule has 0 bridgehead atoms. The topological polar surface area (TPSA) is 73.6 Å². The molecule has 5 nitrogen and oxygen atoms in total. The van der Waals surface area contributed by atoms with Crippen LogP contribution in [-0.2, 0) is 10.4 Å². The Kier molecular flexibility index (Phi) is 6.67. The molecule has 6 heteroatoms. The maximum Gasteiger partial charge on any atom is 0.308 e. The first-order valence-corrected chi connectivity index (χ1v) is 8.62. The van der Waals surface area contributed by atoms with Gasteiger partial charge in [0.25, 0.3) is 0 Å². The van der Waals surface area contributed by atoms with Crippen LogP contribution < -0.4 is 4.74 Å². The SMILES string of the molecule is CC(=O)Oc1cc(C#N)ccc1[C@](O)(CCCN(C)C)c1ccc(F)cc1. The van der Waals surface area contributed by atoms with Gasteiger partial charge >= 0.3 is 5.97 Å². The molecule has 0 saturated carbocycles. The minimum absolute atomic E-state index is 0.123. The third-order valence-corrected chi connectivity index (χ3v) is 4.28. The van der Waals surface area contributed by atoms with E-state index in [1.54, 1.807) is 12.1 Å². The van der Waals surface area contributed by atoms with Crippen molar-refractivity contribution in [2.45, 2.75) is 25.4 Å². The Morgan fingerprint density at radius 1 is 1.26 bits per heavy atom. The number of nitriles is 1. The number of carbonyl (C=O) groups is 1. The van der Waals surface area contributed by atoms with Crippen molar-refractivity contribution >= 4 is 5.97 Å². The van der Waals surface area contributed by atoms with Crippen molar-refractivity contribution < 1.29 is 19.0 Å². The average molecular weight is 370 g/mol. The maximum absolute atomic E-state index is 13.4. The number of rotatable bonds is 7. The standard InChI is InChI=1S/C21H23FN2O3/c1-15(25)27-20-13-16(14-23)5-10-19(20)21(26,11-4-12-24(2)3)17-6-8-18(22)9-7-17/h5-10,13,26H,4,11-12H2,1-3H3/t21-/m0/s1. The summed E-state index contributed by atoms with van der Waals surface area (Å²) in [4.78, 5) is 13.5. The Morgan fingerprint density at radius 2 is 1.93 bits per heavy atom. The minimum Gasteiger partial charge on any atom is -0.426 e. The molecule has 0 spiro atoms. The summed E-state index contributed by atoms with van der Waals surface area (Å²) >= 11 is 0. The van der Waals surface area contributed by atoms with Gasteiger partial charge in [0, 0.05) is 12.5 Å². The molecule has 0 fully saturated rings. The molecule has 2 aromatic carbocycles. The normalized spacial score (nSPS) is 13.1. The van der Waals surface area contributed by atoms with E-state index in [4.69, 9.17) is 10.00 Å². The van der Waals surface area contributed by atoms with Gasteiger partial charge < -0.3 is 14.7 Å². The zero-order valence-corrected chi connectivity index (χ0v) is 15.7. The quantitative estimate of drug-likeness (QED) is 0.598. The van der Waals surface area contributed by atoms with E-state index in [0.717, 1.165) is 6.54 Å². The third-order valence-electron chi connectivity index (χ3n) is 4.28. The zero-order chi connectivity index (χ0) is 20.0. The molecule has 0 unspecified atom stereocenters. The molecular weight excluding hydrogens is 347 g/mol. The van der Waals surface area contributed by atoms with Gasteiger partial charge in [-0.1, -0.05) is 18.2 Å². The fourth-order valence-electron chi connectivity index (χ4n) is 2.98. The third kappa shape index (κ3) is 5.13. The van der Waals surface area contributed by atoms with Crippen LogP contribution >= 0.6 is 0 Å². The zero-order valence-electron chi connectivity index (χ0n) is 15.7. The molecule has 0 radical (unpaired) electrons. The highest BCUT2D eigenvalue weighted by molar-refractivity contribution is 5.70. The van der Waals surface area contributed by atoms with Crippen LogP contribution in [0.15, 0.2) is 42.5 Å². The van der Waals surface area contributed by atoms with E-state index in [1.807, 2.05) is 25.1 Å². The fourth-order valence-corrected chi connectivity index (χ4v) is 2.98. The molecule has 0 aromatic heterocycles. The first kappa shape index (κ1) is 20.6. The predicted molar refractivity (Wildman–Crippen MR) is 99.7 cm³/mol. The number of hydrogen-bond donors (Lipinski definition) is 1. The monoisotopic (exact) mass is 370 g/mol. The number of esters is 1. The molecule has 2 rings (SSSR count). The van der Waals surface area contributed by atoms with Gasteiger partial charge in [-0.25, -0.2) is 4.39 Å². The van der Waals surface area contributed by atoms with Gasteiger partial charge in [0.1, 0.15) is 17.2 Å². The molecule has 27 heavy (non-hydrogen) atoms.